The maximum absolute atomic E-state index is 12.4. The second-order valence-electron chi connectivity index (χ2n) is 10.4. The van der Waals surface area contributed by atoms with E-state index >= 15 is 0 Å². The maximum Gasteiger partial charge on any atom is 0.338 e. The fraction of sp³-hybridized carbons (Fsp3) is 0.364. The first kappa shape index (κ1) is 24.7. The van der Waals surface area contributed by atoms with Gasteiger partial charge in [0.15, 0.2) is 0 Å². The molecule has 1 saturated heterocycles. The number of carbonyl (C=O) groups excluding carboxylic acids is 1. The van der Waals surface area contributed by atoms with E-state index in [0.29, 0.717) is 17.2 Å². The van der Waals surface area contributed by atoms with Crippen LogP contribution in [0, 0.1) is 6.92 Å². The number of ether oxygens (including phenoxy) is 2. The van der Waals surface area contributed by atoms with E-state index in [-0.39, 0.29) is 5.97 Å². The Hall–Kier alpha value is -3.57. The van der Waals surface area contributed by atoms with Crippen LogP contribution in [0.3, 0.4) is 0 Å². The molecule has 0 N–H and O–H groups in total. The Morgan fingerprint density at radius 3 is 2.61 bits per heavy atom. The molecule has 1 aliphatic carbocycles. The number of rotatable bonds is 6. The number of anilines is 1. The van der Waals surface area contributed by atoms with Gasteiger partial charge in [0.25, 0.3) is 0 Å². The van der Waals surface area contributed by atoms with E-state index in [9.17, 15) is 4.79 Å². The van der Waals surface area contributed by atoms with Crippen LogP contribution in [0.2, 0.25) is 0 Å². The summed E-state index contributed by atoms with van der Waals surface area (Å²) in [6.45, 7) is 9.36. The molecule has 38 heavy (non-hydrogen) atoms. The van der Waals surface area contributed by atoms with Gasteiger partial charge >= 0.3 is 5.97 Å². The number of benzene rings is 3. The number of fused-ring (bicyclic) bond motifs is 4. The van der Waals surface area contributed by atoms with E-state index in [4.69, 9.17) is 13.9 Å². The molecule has 0 spiro atoms. The zero-order chi connectivity index (χ0) is 26.4. The summed E-state index contributed by atoms with van der Waals surface area (Å²) in [7, 11) is 1.41. The molecule has 0 amide bonds. The van der Waals surface area contributed by atoms with Crippen molar-refractivity contribution in [2.45, 2.75) is 52.5 Å². The Bertz CT molecular complexity index is 1530. The number of aryl methyl sites for hydroxylation is 1. The molecule has 0 atom stereocenters. The zero-order valence-corrected chi connectivity index (χ0v) is 22.7. The van der Waals surface area contributed by atoms with Crippen molar-refractivity contribution in [2.24, 2.45) is 0 Å². The molecule has 5 heteroatoms. The Morgan fingerprint density at radius 1 is 1.05 bits per heavy atom. The van der Waals surface area contributed by atoms with Crippen molar-refractivity contribution in [1.82, 2.24) is 0 Å². The Kier molecular flexibility index (Phi) is 6.48. The second-order valence-corrected chi connectivity index (χ2v) is 10.4. The van der Waals surface area contributed by atoms with Gasteiger partial charge < -0.3 is 18.8 Å². The van der Waals surface area contributed by atoms with E-state index in [1.165, 1.54) is 46.2 Å². The minimum absolute atomic E-state index is 0.351. The van der Waals surface area contributed by atoms with Gasteiger partial charge in [-0.15, -0.1) is 0 Å². The van der Waals surface area contributed by atoms with E-state index < -0.39 is 0 Å². The summed E-state index contributed by atoms with van der Waals surface area (Å²) in [5, 5.41) is 0.786. The van der Waals surface area contributed by atoms with E-state index in [1.807, 2.05) is 18.2 Å². The predicted octanol–water partition coefficient (Wildman–Crippen LogP) is 7.33. The molecule has 0 radical (unpaired) electrons. The number of nitrogens with zero attached hydrogens (tertiary/aromatic N) is 1. The van der Waals surface area contributed by atoms with E-state index in [2.05, 4.69) is 49.9 Å². The minimum Gasteiger partial charge on any atom is -0.465 e. The van der Waals surface area contributed by atoms with Crippen LogP contribution in [0.5, 0.6) is 0 Å². The Morgan fingerprint density at radius 2 is 1.87 bits per heavy atom. The Labute approximate surface area is 224 Å². The van der Waals surface area contributed by atoms with Crippen LogP contribution in [-0.4, -0.2) is 38.9 Å². The molecule has 0 saturated carbocycles. The van der Waals surface area contributed by atoms with Gasteiger partial charge in [-0.3, -0.25) is 0 Å². The Balaban J connectivity index is 1.49. The highest BCUT2D eigenvalue weighted by Gasteiger charge is 2.30. The molecule has 1 aromatic heterocycles. The van der Waals surface area contributed by atoms with Crippen LogP contribution in [0.25, 0.3) is 33.4 Å². The van der Waals surface area contributed by atoms with Gasteiger partial charge in [0, 0.05) is 42.4 Å². The summed E-state index contributed by atoms with van der Waals surface area (Å²) in [6, 6.07) is 17.2. The summed E-state index contributed by atoms with van der Waals surface area (Å²) in [5.41, 5.74) is 11.7. The number of hydrogen-bond acceptors (Lipinski definition) is 5. The number of hydrogen-bond donors (Lipinski definition) is 0. The number of furan rings is 1. The average Bonchev–Trinajstić information content (AvgIpc) is 3.55. The lowest BCUT2D eigenvalue weighted by Crippen LogP contribution is -2.40. The lowest BCUT2D eigenvalue weighted by Gasteiger charge is -2.37. The highest BCUT2D eigenvalue weighted by molar-refractivity contribution is 6.04. The lowest BCUT2D eigenvalue weighted by molar-refractivity contribution is 0.0603. The topological polar surface area (TPSA) is 51.9 Å². The number of methoxy groups -OCH3 is 1. The molecule has 0 bridgehead atoms. The minimum atomic E-state index is -0.351. The van der Waals surface area contributed by atoms with Gasteiger partial charge in [-0.2, -0.15) is 0 Å². The third-order valence-corrected chi connectivity index (χ3v) is 8.38. The van der Waals surface area contributed by atoms with Crippen molar-refractivity contribution in [3.05, 3.63) is 76.3 Å². The van der Waals surface area contributed by atoms with Gasteiger partial charge in [0.2, 0.25) is 0 Å². The van der Waals surface area contributed by atoms with Crippen molar-refractivity contribution in [2.75, 3.05) is 31.8 Å². The maximum atomic E-state index is 12.4. The summed E-state index contributed by atoms with van der Waals surface area (Å²) < 4.78 is 17.1. The van der Waals surface area contributed by atoms with Gasteiger partial charge in [-0.05, 0) is 97.2 Å². The lowest BCUT2D eigenvalue weighted by atomic mass is 9.92. The van der Waals surface area contributed by atoms with Crippen molar-refractivity contribution >= 4 is 22.6 Å². The average molecular weight is 510 g/mol. The van der Waals surface area contributed by atoms with Crippen molar-refractivity contribution in [1.29, 1.82) is 0 Å². The van der Waals surface area contributed by atoms with Crippen molar-refractivity contribution in [3.8, 4) is 22.5 Å². The van der Waals surface area contributed by atoms with Gasteiger partial charge in [-0.25, -0.2) is 4.79 Å². The van der Waals surface area contributed by atoms with E-state index in [1.54, 1.807) is 6.07 Å². The molecule has 3 aromatic carbocycles. The molecule has 2 heterocycles. The highest BCUT2D eigenvalue weighted by atomic mass is 16.5. The number of carbonyl (C=O) groups is 1. The van der Waals surface area contributed by atoms with Crippen LogP contribution in [0.4, 0.5) is 5.69 Å². The van der Waals surface area contributed by atoms with Gasteiger partial charge in [0.05, 0.1) is 12.7 Å². The van der Waals surface area contributed by atoms with Crippen LogP contribution in [0.15, 0.2) is 52.9 Å². The van der Waals surface area contributed by atoms with Crippen LogP contribution < -0.4 is 4.90 Å². The van der Waals surface area contributed by atoms with Crippen LogP contribution >= 0.6 is 0 Å². The van der Waals surface area contributed by atoms with Crippen LogP contribution in [-0.2, 0) is 22.3 Å². The summed E-state index contributed by atoms with van der Waals surface area (Å²) >= 11 is 0. The summed E-state index contributed by atoms with van der Waals surface area (Å²) in [4.78, 5) is 15.0. The SMILES string of the molecule is CCc1c(N(CC)C2CCOCC2)ccc2c1-c1ccc(C)c(-c3cc4c(C(=O)OC)cccc4o3)c1C2. The summed E-state index contributed by atoms with van der Waals surface area (Å²) in [5.74, 6) is 0.449. The molecular weight excluding hydrogens is 474 g/mol. The first-order valence-electron chi connectivity index (χ1n) is 13.8. The molecule has 1 aliphatic heterocycles. The molecule has 4 aromatic rings. The molecule has 6 rings (SSSR count). The van der Waals surface area contributed by atoms with E-state index in [0.717, 1.165) is 62.2 Å². The standard InChI is InChI=1S/C33H35NO4/c1-5-23-28(34(6-2)22-14-16-37-17-15-22)13-11-21-18-27-24(32(21)23)12-10-20(3)31(27)30-19-26-25(33(35)36-4)8-7-9-29(26)38-30/h7-13,19,22H,5-6,14-18H2,1-4H3. The molecule has 2 aliphatic rings. The summed E-state index contributed by atoms with van der Waals surface area (Å²) in [6.07, 6.45) is 4.01. The first-order chi connectivity index (χ1) is 18.5. The third kappa shape index (κ3) is 3.92. The molecule has 1 fully saturated rings. The van der Waals surface area contributed by atoms with Gasteiger partial charge in [0.1, 0.15) is 11.3 Å². The predicted molar refractivity (Wildman–Crippen MR) is 152 cm³/mol. The smallest absolute Gasteiger partial charge is 0.338 e. The second kappa shape index (κ2) is 9.95. The normalized spacial score (nSPS) is 14.9. The van der Waals surface area contributed by atoms with Gasteiger partial charge in [-0.1, -0.05) is 31.2 Å². The first-order valence-corrected chi connectivity index (χ1v) is 13.8. The molecule has 5 nitrogen and oxygen atoms in total. The fourth-order valence-electron chi connectivity index (χ4n) is 6.61. The quantitative estimate of drug-likeness (QED) is 0.224. The third-order valence-electron chi connectivity index (χ3n) is 8.38. The molecule has 0 unspecified atom stereocenters. The highest BCUT2D eigenvalue weighted by Crippen LogP contribution is 2.48. The molecular formula is C33H35NO4. The van der Waals surface area contributed by atoms with Crippen LogP contribution in [0.1, 0.15) is 59.3 Å². The fourth-order valence-corrected chi connectivity index (χ4v) is 6.61. The largest absolute Gasteiger partial charge is 0.465 e. The monoisotopic (exact) mass is 509 g/mol. The number of esters is 1. The van der Waals surface area contributed by atoms with Crippen molar-refractivity contribution < 1.29 is 18.7 Å². The van der Waals surface area contributed by atoms with Crippen molar-refractivity contribution in [3.63, 3.8) is 0 Å². The molecule has 196 valence electrons. The zero-order valence-electron chi connectivity index (χ0n) is 22.7.